The van der Waals surface area contributed by atoms with Crippen LogP contribution in [0.2, 0.25) is 0 Å². The van der Waals surface area contributed by atoms with Crippen LogP contribution >= 0.6 is 0 Å². The highest BCUT2D eigenvalue weighted by molar-refractivity contribution is 5.92. The average molecular weight is 286 g/mol. The van der Waals surface area contributed by atoms with Gasteiger partial charge < -0.3 is 5.32 Å². The van der Waals surface area contributed by atoms with Crippen molar-refractivity contribution in [2.45, 2.75) is 19.4 Å². The number of nitrogens with one attached hydrogen (secondary N) is 1. The summed E-state index contributed by atoms with van der Waals surface area (Å²) in [5.74, 6) is -0.0366. The van der Waals surface area contributed by atoms with Crippen LogP contribution in [0.1, 0.15) is 19.4 Å². The number of amides is 1. The Morgan fingerprint density at radius 3 is 2.86 bits per heavy atom. The van der Waals surface area contributed by atoms with E-state index < -0.39 is 0 Å². The summed E-state index contributed by atoms with van der Waals surface area (Å²) in [7, 11) is 2.12. The summed E-state index contributed by atoms with van der Waals surface area (Å²) in [5.41, 5.74) is 1.31. The van der Waals surface area contributed by atoms with Crippen LogP contribution in [0.15, 0.2) is 24.3 Å². The van der Waals surface area contributed by atoms with Gasteiger partial charge in [-0.3, -0.25) is 14.6 Å². The number of piperazine rings is 1. The minimum Gasteiger partial charge on any atom is -0.325 e. The maximum Gasteiger partial charge on any atom is 0.238 e. The molecule has 0 aliphatic carbocycles. The zero-order valence-electron chi connectivity index (χ0n) is 12.9. The molecule has 1 heterocycles. The van der Waals surface area contributed by atoms with E-state index in [4.69, 9.17) is 5.26 Å². The molecule has 0 aromatic heterocycles. The quantitative estimate of drug-likeness (QED) is 0.915. The Balaban J connectivity index is 1.92. The van der Waals surface area contributed by atoms with Gasteiger partial charge in [0.25, 0.3) is 0 Å². The highest BCUT2D eigenvalue weighted by atomic mass is 16.2. The van der Waals surface area contributed by atoms with Gasteiger partial charge in [0.05, 0.1) is 18.2 Å². The summed E-state index contributed by atoms with van der Waals surface area (Å²) in [6, 6.07) is 9.05. The van der Waals surface area contributed by atoms with Gasteiger partial charge in [-0.15, -0.1) is 0 Å². The first kappa shape index (κ1) is 15.5. The number of likely N-dealkylation sites (N-methyl/N-ethyl adjacent to an activating group) is 1. The molecule has 112 valence electrons. The first-order valence-electron chi connectivity index (χ1n) is 7.14. The van der Waals surface area contributed by atoms with Crippen LogP contribution in [0.3, 0.4) is 0 Å². The number of carbonyl (C=O) groups is 1. The molecule has 21 heavy (non-hydrogen) atoms. The summed E-state index contributed by atoms with van der Waals surface area (Å²) in [4.78, 5) is 16.6. The molecular formula is C16H22N4O. The van der Waals surface area contributed by atoms with Crippen molar-refractivity contribution >= 4 is 11.6 Å². The Morgan fingerprint density at radius 1 is 1.43 bits per heavy atom. The van der Waals surface area contributed by atoms with E-state index in [2.05, 4.69) is 42.1 Å². The third-order valence-electron chi connectivity index (χ3n) is 4.04. The maximum atomic E-state index is 12.1. The van der Waals surface area contributed by atoms with Crippen molar-refractivity contribution in [3.63, 3.8) is 0 Å². The lowest BCUT2D eigenvalue weighted by Crippen LogP contribution is -2.58. The molecule has 1 amide bonds. The topological polar surface area (TPSA) is 59.4 Å². The van der Waals surface area contributed by atoms with Crippen LogP contribution in [0, 0.1) is 11.3 Å². The lowest BCUT2D eigenvalue weighted by molar-refractivity contribution is -0.118. The molecule has 2 rings (SSSR count). The van der Waals surface area contributed by atoms with E-state index in [0.29, 0.717) is 17.8 Å². The van der Waals surface area contributed by atoms with Crippen molar-refractivity contribution in [3.05, 3.63) is 29.8 Å². The van der Waals surface area contributed by atoms with E-state index in [-0.39, 0.29) is 11.4 Å². The molecule has 1 aliphatic rings. The van der Waals surface area contributed by atoms with Crippen molar-refractivity contribution in [1.29, 1.82) is 5.26 Å². The van der Waals surface area contributed by atoms with Crippen molar-refractivity contribution < 1.29 is 4.79 Å². The van der Waals surface area contributed by atoms with Crippen molar-refractivity contribution in [2.75, 3.05) is 38.5 Å². The second-order valence-electron chi connectivity index (χ2n) is 6.19. The van der Waals surface area contributed by atoms with Crippen LogP contribution in [0.5, 0.6) is 0 Å². The summed E-state index contributed by atoms with van der Waals surface area (Å²) in [5, 5.41) is 11.7. The fourth-order valence-corrected chi connectivity index (χ4v) is 2.55. The molecule has 1 aromatic rings. The lowest BCUT2D eigenvalue weighted by atomic mass is 10.00. The first-order chi connectivity index (χ1) is 9.90. The molecule has 0 saturated carbocycles. The van der Waals surface area contributed by atoms with Gasteiger partial charge in [0.15, 0.2) is 0 Å². The number of hydrogen-bond donors (Lipinski definition) is 1. The van der Waals surface area contributed by atoms with Crippen LogP contribution in [-0.4, -0.2) is 54.5 Å². The van der Waals surface area contributed by atoms with Gasteiger partial charge in [0, 0.05) is 30.9 Å². The Morgan fingerprint density at radius 2 is 2.19 bits per heavy atom. The van der Waals surface area contributed by atoms with Gasteiger partial charge in [-0.1, -0.05) is 6.07 Å². The molecule has 0 unspecified atom stereocenters. The first-order valence-corrected chi connectivity index (χ1v) is 7.14. The van der Waals surface area contributed by atoms with Crippen molar-refractivity contribution in [3.8, 4) is 6.07 Å². The van der Waals surface area contributed by atoms with Crippen LogP contribution in [0.25, 0.3) is 0 Å². The number of hydrogen-bond acceptors (Lipinski definition) is 4. The van der Waals surface area contributed by atoms with Gasteiger partial charge in [-0.2, -0.15) is 5.26 Å². The predicted molar refractivity (Wildman–Crippen MR) is 82.9 cm³/mol. The van der Waals surface area contributed by atoms with Gasteiger partial charge in [-0.25, -0.2) is 0 Å². The maximum absolute atomic E-state index is 12.1. The fraction of sp³-hybridized carbons (Fsp3) is 0.500. The second kappa shape index (κ2) is 6.25. The summed E-state index contributed by atoms with van der Waals surface area (Å²) in [6.07, 6.45) is 0. The van der Waals surface area contributed by atoms with Gasteiger partial charge >= 0.3 is 0 Å². The third-order valence-corrected chi connectivity index (χ3v) is 4.04. The van der Waals surface area contributed by atoms with Gasteiger partial charge in [0.2, 0.25) is 5.91 Å². The number of carbonyl (C=O) groups excluding carboxylic acids is 1. The fourth-order valence-electron chi connectivity index (χ4n) is 2.55. The van der Waals surface area contributed by atoms with E-state index in [1.807, 2.05) is 0 Å². The standard InChI is InChI=1S/C16H22N4O/c1-16(2)12-20(8-7-19(16)3)11-15(21)18-14-6-4-5-13(9-14)10-17/h4-6,9H,7-8,11-12H2,1-3H3,(H,18,21). The Bertz CT molecular complexity index is 562. The monoisotopic (exact) mass is 286 g/mol. The largest absolute Gasteiger partial charge is 0.325 e. The number of rotatable bonds is 3. The minimum atomic E-state index is -0.0366. The van der Waals surface area contributed by atoms with Gasteiger partial charge in [-0.05, 0) is 39.1 Å². The number of benzene rings is 1. The van der Waals surface area contributed by atoms with E-state index in [9.17, 15) is 4.79 Å². The molecule has 5 heteroatoms. The molecule has 1 aliphatic heterocycles. The normalized spacial score (nSPS) is 19.0. The molecule has 0 bridgehead atoms. The zero-order valence-corrected chi connectivity index (χ0v) is 12.9. The van der Waals surface area contributed by atoms with E-state index >= 15 is 0 Å². The summed E-state index contributed by atoms with van der Waals surface area (Å²) >= 11 is 0. The summed E-state index contributed by atoms with van der Waals surface area (Å²) in [6.45, 7) is 7.49. The Kier molecular flexibility index (Phi) is 4.61. The SMILES string of the molecule is CN1CCN(CC(=O)Nc2cccc(C#N)c2)CC1(C)C. The number of nitrogens with zero attached hydrogens (tertiary/aromatic N) is 3. The van der Waals surface area contributed by atoms with Crippen molar-refractivity contribution in [2.24, 2.45) is 0 Å². The lowest BCUT2D eigenvalue weighted by Gasteiger charge is -2.45. The summed E-state index contributed by atoms with van der Waals surface area (Å²) < 4.78 is 0. The number of anilines is 1. The molecule has 1 aromatic carbocycles. The van der Waals surface area contributed by atoms with Crippen LogP contribution in [0.4, 0.5) is 5.69 Å². The predicted octanol–water partition coefficient (Wildman–Crippen LogP) is 1.52. The second-order valence-corrected chi connectivity index (χ2v) is 6.19. The highest BCUT2D eigenvalue weighted by Gasteiger charge is 2.31. The van der Waals surface area contributed by atoms with E-state index in [1.165, 1.54) is 0 Å². The number of nitriles is 1. The van der Waals surface area contributed by atoms with Crippen molar-refractivity contribution in [1.82, 2.24) is 9.80 Å². The molecule has 1 N–H and O–H groups in total. The van der Waals surface area contributed by atoms with Crippen LogP contribution < -0.4 is 5.32 Å². The Labute approximate surface area is 126 Å². The molecular weight excluding hydrogens is 264 g/mol. The third kappa shape index (κ3) is 4.03. The zero-order chi connectivity index (χ0) is 15.5. The average Bonchev–Trinajstić information content (AvgIpc) is 2.42. The van der Waals surface area contributed by atoms with E-state index in [1.54, 1.807) is 24.3 Å². The van der Waals surface area contributed by atoms with Gasteiger partial charge in [0.1, 0.15) is 0 Å². The molecule has 1 saturated heterocycles. The minimum absolute atomic E-state index is 0.0366. The highest BCUT2D eigenvalue weighted by Crippen LogP contribution is 2.18. The Hall–Kier alpha value is -1.90. The molecule has 1 fully saturated rings. The molecule has 5 nitrogen and oxygen atoms in total. The smallest absolute Gasteiger partial charge is 0.238 e. The molecule has 0 spiro atoms. The van der Waals surface area contributed by atoms with E-state index in [0.717, 1.165) is 19.6 Å². The molecule has 0 radical (unpaired) electrons. The van der Waals surface area contributed by atoms with Crippen LogP contribution in [-0.2, 0) is 4.79 Å². The molecule has 0 atom stereocenters.